The molecule has 17 heavy (non-hydrogen) atoms. The van der Waals surface area contributed by atoms with E-state index >= 15 is 0 Å². The minimum atomic E-state index is -0.0235. The SMILES string of the molecule is CC(NC1CCN(C)C1)C(=O)N1CCCCC1. The van der Waals surface area contributed by atoms with Crippen molar-refractivity contribution < 1.29 is 4.79 Å². The van der Waals surface area contributed by atoms with E-state index in [1.54, 1.807) is 0 Å². The van der Waals surface area contributed by atoms with E-state index in [1.807, 2.05) is 11.8 Å². The number of carbonyl (C=O) groups excluding carboxylic acids is 1. The maximum atomic E-state index is 12.2. The summed E-state index contributed by atoms with van der Waals surface area (Å²) in [5.74, 6) is 0.291. The number of amides is 1. The normalized spacial score (nSPS) is 28.4. The summed E-state index contributed by atoms with van der Waals surface area (Å²) in [6.45, 7) is 6.13. The van der Waals surface area contributed by atoms with Crippen LogP contribution in [0.3, 0.4) is 0 Å². The van der Waals surface area contributed by atoms with E-state index in [2.05, 4.69) is 17.3 Å². The first-order valence-corrected chi connectivity index (χ1v) is 6.90. The fourth-order valence-electron chi connectivity index (χ4n) is 2.88. The number of hydrogen-bond acceptors (Lipinski definition) is 3. The molecule has 0 spiro atoms. The van der Waals surface area contributed by atoms with Crippen molar-refractivity contribution in [3.05, 3.63) is 0 Å². The van der Waals surface area contributed by atoms with Crippen LogP contribution in [-0.4, -0.2) is 61.0 Å². The Kier molecular flexibility index (Phi) is 4.40. The van der Waals surface area contributed by atoms with Crippen LogP contribution in [0.5, 0.6) is 0 Å². The summed E-state index contributed by atoms with van der Waals surface area (Å²) in [6.07, 6.45) is 4.78. The van der Waals surface area contributed by atoms with E-state index in [4.69, 9.17) is 0 Å². The quantitative estimate of drug-likeness (QED) is 0.787. The Morgan fingerprint density at radius 1 is 1.24 bits per heavy atom. The van der Waals surface area contributed by atoms with Crippen LogP contribution in [0.25, 0.3) is 0 Å². The number of likely N-dealkylation sites (tertiary alicyclic amines) is 2. The third kappa shape index (κ3) is 3.42. The predicted octanol–water partition coefficient (Wildman–Crippen LogP) is 0.681. The summed E-state index contributed by atoms with van der Waals surface area (Å²) in [4.78, 5) is 16.6. The lowest BCUT2D eigenvalue weighted by Crippen LogP contribution is -2.50. The van der Waals surface area contributed by atoms with Gasteiger partial charge in [0.05, 0.1) is 6.04 Å². The van der Waals surface area contributed by atoms with Crippen molar-refractivity contribution in [3.63, 3.8) is 0 Å². The predicted molar refractivity (Wildman–Crippen MR) is 68.9 cm³/mol. The van der Waals surface area contributed by atoms with Gasteiger partial charge >= 0.3 is 0 Å². The van der Waals surface area contributed by atoms with Crippen molar-refractivity contribution >= 4 is 5.91 Å². The number of piperidine rings is 1. The lowest BCUT2D eigenvalue weighted by atomic mass is 10.1. The van der Waals surface area contributed by atoms with E-state index in [-0.39, 0.29) is 6.04 Å². The zero-order valence-corrected chi connectivity index (χ0v) is 11.1. The van der Waals surface area contributed by atoms with E-state index in [0.29, 0.717) is 11.9 Å². The largest absolute Gasteiger partial charge is 0.341 e. The number of hydrogen-bond donors (Lipinski definition) is 1. The summed E-state index contributed by atoms with van der Waals surface area (Å²) in [7, 11) is 2.14. The highest BCUT2D eigenvalue weighted by molar-refractivity contribution is 5.81. The number of nitrogens with one attached hydrogen (secondary N) is 1. The van der Waals surface area contributed by atoms with Gasteiger partial charge in [0.15, 0.2) is 0 Å². The first-order chi connectivity index (χ1) is 8.16. The number of likely N-dealkylation sites (N-methyl/N-ethyl adjacent to an activating group) is 1. The Morgan fingerprint density at radius 3 is 2.53 bits per heavy atom. The second-order valence-corrected chi connectivity index (χ2v) is 5.52. The van der Waals surface area contributed by atoms with Gasteiger partial charge in [-0.2, -0.15) is 0 Å². The molecule has 2 saturated heterocycles. The van der Waals surface area contributed by atoms with Gasteiger partial charge in [-0.15, -0.1) is 0 Å². The molecule has 2 heterocycles. The molecule has 0 aliphatic carbocycles. The molecule has 2 fully saturated rings. The fraction of sp³-hybridized carbons (Fsp3) is 0.923. The fourth-order valence-corrected chi connectivity index (χ4v) is 2.88. The van der Waals surface area contributed by atoms with Gasteiger partial charge in [0.2, 0.25) is 5.91 Å². The van der Waals surface area contributed by atoms with Crippen molar-refractivity contribution in [1.29, 1.82) is 0 Å². The zero-order valence-electron chi connectivity index (χ0n) is 11.1. The summed E-state index contributed by atoms with van der Waals surface area (Å²) in [6, 6.07) is 0.466. The highest BCUT2D eigenvalue weighted by atomic mass is 16.2. The Balaban J connectivity index is 1.78. The molecule has 98 valence electrons. The molecule has 0 saturated carbocycles. The average Bonchev–Trinajstić information content (AvgIpc) is 2.75. The maximum absolute atomic E-state index is 12.2. The standard InChI is InChI=1S/C13H25N3O/c1-11(14-12-6-9-15(2)10-12)13(17)16-7-4-3-5-8-16/h11-12,14H,3-10H2,1-2H3. The molecule has 0 aromatic carbocycles. The van der Waals surface area contributed by atoms with E-state index < -0.39 is 0 Å². The van der Waals surface area contributed by atoms with Crippen LogP contribution in [0.15, 0.2) is 0 Å². The maximum Gasteiger partial charge on any atom is 0.239 e. The van der Waals surface area contributed by atoms with Crippen molar-refractivity contribution in [3.8, 4) is 0 Å². The number of rotatable bonds is 3. The average molecular weight is 239 g/mol. The second-order valence-electron chi connectivity index (χ2n) is 5.52. The van der Waals surface area contributed by atoms with Crippen molar-refractivity contribution in [2.24, 2.45) is 0 Å². The van der Waals surface area contributed by atoms with Crippen molar-refractivity contribution in [1.82, 2.24) is 15.1 Å². The highest BCUT2D eigenvalue weighted by Gasteiger charge is 2.26. The van der Waals surface area contributed by atoms with Crippen molar-refractivity contribution in [2.75, 3.05) is 33.2 Å². The van der Waals surface area contributed by atoms with Gasteiger partial charge in [-0.05, 0) is 46.2 Å². The Hall–Kier alpha value is -0.610. The number of nitrogens with zero attached hydrogens (tertiary/aromatic N) is 2. The van der Waals surface area contributed by atoms with Crippen LogP contribution in [0.2, 0.25) is 0 Å². The van der Waals surface area contributed by atoms with Crippen LogP contribution in [-0.2, 0) is 4.79 Å². The molecule has 0 radical (unpaired) electrons. The molecular formula is C13H25N3O. The van der Waals surface area contributed by atoms with Gasteiger partial charge in [-0.1, -0.05) is 0 Å². The van der Waals surface area contributed by atoms with Crippen LogP contribution in [0.4, 0.5) is 0 Å². The van der Waals surface area contributed by atoms with Gasteiger partial charge in [-0.25, -0.2) is 0 Å². The smallest absolute Gasteiger partial charge is 0.239 e. The van der Waals surface area contributed by atoms with E-state index in [1.165, 1.54) is 19.3 Å². The van der Waals surface area contributed by atoms with Gasteiger partial charge < -0.3 is 15.1 Å². The Bertz CT molecular complexity index is 263. The van der Waals surface area contributed by atoms with Gasteiger partial charge in [0.1, 0.15) is 0 Å². The number of carbonyl (C=O) groups is 1. The minimum absolute atomic E-state index is 0.0235. The minimum Gasteiger partial charge on any atom is -0.341 e. The topological polar surface area (TPSA) is 35.6 Å². The molecule has 0 bridgehead atoms. The molecule has 2 atom stereocenters. The zero-order chi connectivity index (χ0) is 12.3. The Labute approximate surface area is 104 Å². The van der Waals surface area contributed by atoms with Crippen LogP contribution in [0, 0.1) is 0 Å². The molecule has 1 amide bonds. The molecule has 4 nitrogen and oxygen atoms in total. The lowest BCUT2D eigenvalue weighted by molar-refractivity contribution is -0.134. The van der Waals surface area contributed by atoms with Crippen molar-refractivity contribution in [2.45, 2.75) is 44.7 Å². The third-order valence-corrected chi connectivity index (χ3v) is 3.92. The lowest BCUT2D eigenvalue weighted by Gasteiger charge is -2.30. The monoisotopic (exact) mass is 239 g/mol. The molecule has 2 aliphatic rings. The van der Waals surface area contributed by atoms with E-state index in [0.717, 1.165) is 32.6 Å². The third-order valence-electron chi connectivity index (χ3n) is 3.92. The summed E-state index contributed by atoms with van der Waals surface area (Å²) >= 11 is 0. The molecular weight excluding hydrogens is 214 g/mol. The van der Waals surface area contributed by atoms with E-state index in [9.17, 15) is 4.79 Å². The molecule has 0 aromatic heterocycles. The van der Waals surface area contributed by atoms with Crippen LogP contribution >= 0.6 is 0 Å². The molecule has 2 rings (SSSR count). The molecule has 1 N–H and O–H groups in total. The van der Waals surface area contributed by atoms with Gasteiger partial charge in [0.25, 0.3) is 0 Å². The first-order valence-electron chi connectivity index (χ1n) is 6.90. The van der Waals surface area contributed by atoms with Crippen LogP contribution in [0.1, 0.15) is 32.6 Å². The summed E-state index contributed by atoms with van der Waals surface area (Å²) in [5.41, 5.74) is 0. The van der Waals surface area contributed by atoms with Gasteiger partial charge in [-0.3, -0.25) is 4.79 Å². The van der Waals surface area contributed by atoms with Gasteiger partial charge in [0, 0.05) is 25.7 Å². The Morgan fingerprint density at radius 2 is 1.94 bits per heavy atom. The second kappa shape index (κ2) is 5.83. The summed E-state index contributed by atoms with van der Waals surface area (Å²) in [5, 5.41) is 3.47. The highest BCUT2D eigenvalue weighted by Crippen LogP contribution is 2.12. The molecule has 0 aromatic rings. The van der Waals surface area contributed by atoms with Crippen LogP contribution < -0.4 is 5.32 Å². The first kappa shape index (κ1) is 12.8. The summed E-state index contributed by atoms with van der Waals surface area (Å²) < 4.78 is 0. The molecule has 2 aliphatic heterocycles. The molecule has 2 unspecified atom stereocenters. The molecule has 4 heteroatoms.